The van der Waals surface area contributed by atoms with Crippen LogP contribution in [0.15, 0.2) is 17.0 Å². The molecule has 0 fully saturated rings. The summed E-state index contributed by atoms with van der Waals surface area (Å²) in [4.78, 5) is -0.533. The third kappa shape index (κ3) is 2.35. The first kappa shape index (κ1) is 13.4. The Morgan fingerprint density at radius 1 is 1.44 bits per heavy atom. The summed E-state index contributed by atoms with van der Waals surface area (Å²) in [6.45, 7) is -0.609. The number of hydrogen-bond acceptors (Lipinski definition) is 3. The van der Waals surface area contributed by atoms with Crippen molar-refractivity contribution in [3.05, 3.63) is 28.5 Å². The van der Waals surface area contributed by atoms with E-state index in [1.165, 1.54) is 20.2 Å². The van der Waals surface area contributed by atoms with Crippen molar-refractivity contribution in [3.63, 3.8) is 0 Å². The van der Waals surface area contributed by atoms with E-state index in [-0.39, 0.29) is 10.6 Å². The molecule has 1 aromatic carbocycles. The van der Waals surface area contributed by atoms with Crippen LogP contribution in [0.2, 0.25) is 5.02 Å². The first-order chi connectivity index (χ1) is 7.30. The van der Waals surface area contributed by atoms with E-state index in [9.17, 15) is 12.8 Å². The Morgan fingerprint density at radius 2 is 2.00 bits per heavy atom. The SMILES string of the molecule is CN(C)S(=O)(=O)c1cc(Cl)cc(CO)c1F. The van der Waals surface area contributed by atoms with E-state index in [0.29, 0.717) is 0 Å². The fourth-order valence-corrected chi connectivity index (χ4v) is 2.45. The van der Waals surface area contributed by atoms with Crippen LogP contribution in [0.5, 0.6) is 0 Å². The van der Waals surface area contributed by atoms with Gasteiger partial charge in [-0.3, -0.25) is 0 Å². The average Bonchev–Trinajstić information content (AvgIpc) is 2.20. The molecule has 0 saturated heterocycles. The first-order valence-electron chi connectivity index (χ1n) is 4.32. The molecular formula is C9H11ClFNO3S. The summed E-state index contributed by atoms with van der Waals surface area (Å²) in [5.41, 5.74) is -0.145. The van der Waals surface area contributed by atoms with Gasteiger partial charge in [0.15, 0.2) is 0 Å². The van der Waals surface area contributed by atoms with Crippen LogP contribution in [0.4, 0.5) is 4.39 Å². The van der Waals surface area contributed by atoms with Crippen LogP contribution in [-0.4, -0.2) is 31.9 Å². The molecule has 0 saturated carbocycles. The number of nitrogens with zero attached hydrogens (tertiary/aromatic N) is 1. The molecule has 0 unspecified atom stereocenters. The molecule has 0 aliphatic heterocycles. The van der Waals surface area contributed by atoms with Gasteiger partial charge in [-0.1, -0.05) is 11.6 Å². The van der Waals surface area contributed by atoms with Crippen molar-refractivity contribution >= 4 is 21.6 Å². The van der Waals surface area contributed by atoms with Gasteiger partial charge in [0.2, 0.25) is 10.0 Å². The summed E-state index contributed by atoms with van der Waals surface area (Å²) < 4.78 is 38.0. The number of benzene rings is 1. The average molecular weight is 268 g/mol. The van der Waals surface area contributed by atoms with Gasteiger partial charge in [0.05, 0.1) is 6.61 Å². The molecule has 0 bridgehead atoms. The lowest BCUT2D eigenvalue weighted by atomic mass is 10.2. The Kier molecular flexibility index (Phi) is 3.90. The van der Waals surface area contributed by atoms with Crippen LogP contribution in [-0.2, 0) is 16.6 Å². The van der Waals surface area contributed by atoms with Gasteiger partial charge in [0.1, 0.15) is 10.7 Å². The summed E-state index contributed by atoms with van der Waals surface area (Å²) in [5.74, 6) is -0.972. The Hall–Kier alpha value is -0.690. The van der Waals surface area contributed by atoms with E-state index in [0.717, 1.165) is 10.4 Å². The maximum Gasteiger partial charge on any atom is 0.245 e. The molecule has 0 atom stereocenters. The number of hydrogen-bond donors (Lipinski definition) is 1. The fourth-order valence-electron chi connectivity index (χ4n) is 1.12. The van der Waals surface area contributed by atoms with E-state index < -0.39 is 27.3 Å². The van der Waals surface area contributed by atoms with Crippen molar-refractivity contribution in [2.75, 3.05) is 14.1 Å². The fraction of sp³-hybridized carbons (Fsp3) is 0.333. The number of aliphatic hydroxyl groups excluding tert-OH is 1. The van der Waals surface area contributed by atoms with Crippen molar-refractivity contribution < 1.29 is 17.9 Å². The Morgan fingerprint density at radius 3 is 2.44 bits per heavy atom. The normalized spacial score (nSPS) is 12.1. The summed E-state index contributed by atoms with van der Waals surface area (Å²) >= 11 is 5.65. The lowest BCUT2D eigenvalue weighted by Gasteiger charge is -2.13. The smallest absolute Gasteiger partial charge is 0.245 e. The van der Waals surface area contributed by atoms with Crippen molar-refractivity contribution in [2.24, 2.45) is 0 Å². The minimum atomic E-state index is -3.90. The Balaban J connectivity index is 3.52. The first-order valence-corrected chi connectivity index (χ1v) is 6.13. The molecule has 4 nitrogen and oxygen atoms in total. The molecule has 90 valence electrons. The zero-order valence-electron chi connectivity index (χ0n) is 8.74. The van der Waals surface area contributed by atoms with E-state index >= 15 is 0 Å². The molecule has 0 radical (unpaired) electrons. The van der Waals surface area contributed by atoms with Crippen molar-refractivity contribution in [3.8, 4) is 0 Å². The summed E-state index contributed by atoms with van der Waals surface area (Å²) in [6.07, 6.45) is 0. The highest BCUT2D eigenvalue weighted by atomic mass is 35.5. The van der Waals surface area contributed by atoms with Crippen LogP contribution in [0.3, 0.4) is 0 Å². The maximum absolute atomic E-state index is 13.7. The number of rotatable bonds is 3. The lowest BCUT2D eigenvalue weighted by Crippen LogP contribution is -2.23. The predicted octanol–water partition coefficient (Wildman–Crippen LogP) is 1.22. The van der Waals surface area contributed by atoms with Crippen molar-refractivity contribution in [1.29, 1.82) is 0 Å². The third-order valence-corrected chi connectivity index (χ3v) is 4.04. The van der Waals surface area contributed by atoms with Gasteiger partial charge in [-0.2, -0.15) is 0 Å². The zero-order valence-corrected chi connectivity index (χ0v) is 10.3. The topological polar surface area (TPSA) is 57.6 Å². The van der Waals surface area contributed by atoms with Gasteiger partial charge < -0.3 is 5.11 Å². The Bertz CT molecular complexity index is 502. The van der Waals surface area contributed by atoms with Crippen LogP contribution in [0.25, 0.3) is 0 Å². The Labute approximate surface area is 98.3 Å². The van der Waals surface area contributed by atoms with E-state index in [4.69, 9.17) is 16.7 Å². The number of aliphatic hydroxyl groups is 1. The van der Waals surface area contributed by atoms with Crippen LogP contribution in [0.1, 0.15) is 5.56 Å². The van der Waals surface area contributed by atoms with Gasteiger partial charge in [-0.25, -0.2) is 17.1 Å². The molecule has 0 spiro atoms. The standard InChI is InChI=1S/C9H11ClFNO3S/c1-12(2)16(14,15)8-4-7(10)3-6(5-13)9(8)11/h3-4,13H,5H2,1-2H3. The molecule has 1 N–H and O–H groups in total. The lowest BCUT2D eigenvalue weighted by molar-refractivity contribution is 0.274. The van der Waals surface area contributed by atoms with Crippen molar-refractivity contribution in [2.45, 2.75) is 11.5 Å². The van der Waals surface area contributed by atoms with Crippen LogP contribution < -0.4 is 0 Å². The van der Waals surface area contributed by atoms with Crippen molar-refractivity contribution in [1.82, 2.24) is 4.31 Å². The largest absolute Gasteiger partial charge is 0.392 e. The second-order valence-corrected chi connectivity index (χ2v) is 5.88. The van der Waals surface area contributed by atoms with Crippen LogP contribution in [0, 0.1) is 5.82 Å². The summed E-state index contributed by atoms with van der Waals surface area (Å²) in [5, 5.41) is 8.93. The van der Waals surface area contributed by atoms with Gasteiger partial charge in [-0.05, 0) is 12.1 Å². The minimum absolute atomic E-state index is 0.0610. The highest BCUT2D eigenvalue weighted by Gasteiger charge is 2.24. The van der Waals surface area contributed by atoms with Gasteiger partial charge in [-0.15, -0.1) is 0 Å². The van der Waals surface area contributed by atoms with Crippen LogP contribution >= 0.6 is 11.6 Å². The molecule has 16 heavy (non-hydrogen) atoms. The molecule has 7 heteroatoms. The molecule has 0 heterocycles. The minimum Gasteiger partial charge on any atom is -0.392 e. The highest BCUT2D eigenvalue weighted by Crippen LogP contribution is 2.25. The molecule has 1 aromatic rings. The summed E-state index contributed by atoms with van der Waals surface area (Å²) in [6, 6.07) is 2.21. The highest BCUT2D eigenvalue weighted by molar-refractivity contribution is 7.89. The second kappa shape index (κ2) is 4.67. The maximum atomic E-state index is 13.7. The monoisotopic (exact) mass is 267 g/mol. The molecule has 0 amide bonds. The second-order valence-electron chi connectivity index (χ2n) is 3.32. The van der Waals surface area contributed by atoms with E-state index in [1.54, 1.807) is 0 Å². The summed E-state index contributed by atoms with van der Waals surface area (Å²) in [7, 11) is -1.33. The quantitative estimate of drug-likeness (QED) is 0.896. The molecular weight excluding hydrogens is 257 g/mol. The molecule has 0 aliphatic carbocycles. The van der Waals surface area contributed by atoms with Gasteiger partial charge in [0, 0.05) is 24.7 Å². The van der Waals surface area contributed by atoms with Gasteiger partial charge >= 0.3 is 0 Å². The third-order valence-electron chi connectivity index (χ3n) is 2.01. The van der Waals surface area contributed by atoms with Gasteiger partial charge in [0.25, 0.3) is 0 Å². The predicted molar refractivity (Wildman–Crippen MR) is 58.2 cm³/mol. The van der Waals surface area contributed by atoms with E-state index in [1.807, 2.05) is 0 Å². The molecule has 0 aromatic heterocycles. The number of halogens is 2. The molecule has 0 aliphatic rings. The number of sulfonamides is 1. The van der Waals surface area contributed by atoms with E-state index in [2.05, 4.69) is 0 Å². The molecule has 1 rings (SSSR count). The zero-order chi connectivity index (χ0) is 12.5.